The normalized spacial score (nSPS) is 12.2. The lowest BCUT2D eigenvalue weighted by Crippen LogP contribution is -1.93. The summed E-state index contributed by atoms with van der Waals surface area (Å²) < 4.78 is 2.20. The van der Waals surface area contributed by atoms with Crippen molar-refractivity contribution in [2.75, 3.05) is 0 Å². The fourth-order valence-electron chi connectivity index (χ4n) is 5.85. The van der Waals surface area contributed by atoms with E-state index in [1.807, 2.05) is 30.7 Å². The van der Waals surface area contributed by atoms with Crippen molar-refractivity contribution in [1.82, 2.24) is 24.3 Å². The van der Waals surface area contributed by atoms with Crippen molar-refractivity contribution in [3.63, 3.8) is 0 Å². The Labute approximate surface area is 206 Å². The number of hydrogen-bond donors (Lipinski definition) is 1. The number of aromatic nitrogens is 5. The van der Waals surface area contributed by atoms with Crippen molar-refractivity contribution in [2.45, 2.75) is 13.8 Å². The number of imidazole rings is 1. The molecule has 0 fully saturated rings. The Morgan fingerprint density at radius 1 is 0.750 bits per heavy atom. The molecule has 0 unspecified atom stereocenters. The van der Waals surface area contributed by atoms with Gasteiger partial charge in [-0.3, -0.25) is 14.4 Å². The topological polar surface area (TPSA) is 58.9 Å². The molecule has 0 saturated carbocycles. The van der Waals surface area contributed by atoms with Crippen molar-refractivity contribution >= 4 is 60.3 Å². The van der Waals surface area contributed by atoms with Gasteiger partial charge in [-0.2, -0.15) is 0 Å². The van der Waals surface area contributed by atoms with E-state index in [-0.39, 0.29) is 0 Å². The molecule has 3 aromatic carbocycles. The molecule has 8 aromatic rings. The molecular formula is C31H21N5. The number of fused-ring (bicyclic) bond motifs is 12. The van der Waals surface area contributed by atoms with Crippen LogP contribution in [-0.4, -0.2) is 24.3 Å². The van der Waals surface area contributed by atoms with Crippen molar-refractivity contribution < 1.29 is 0 Å². The summed E-state index contributed by atoms with van der Waals surface area (Å²) in [5, 5.41) is 4.60. The van der Waals surface area contributed by atoms with E-state index in [0.717, 1.165) is 49.5 Å². The monoisotopic (exact) mass is 463 g/mol. The van der Waals surface area contributed by atoms with E-state index in [2.05, 4.69) is 82.8 Å². The van der Waals surface area contributed by atoms with Crippen LogP contribution < -0.4 is 0 Å². The summed E-state index contributed by atoms with van der Waals surface area (Å²) in [6.45, 7) is 4.37. The number of hydrogen-bond acceptors (Lipinski definition) is 3. The molecule has 0 aliphatic heterocycles. The third-order valence-electron chi connectivity index (χ3n) is 7.52. The van der Waals surface area contributed by atoms with Gasteiger partial charge >= 0.3 is 0 Å². The fourth-order valence-corrected chi connectivity index (χ4v) is 5.85. The summed E-state index contributed by atoms with van der Waals surface area (Å²) in [5.41, 5.74) is 12.1. The second-order valence-corrected chi connectivity index (χ2v) is 9.57. The Balaban J connectivity index is 1.55. The molecule has 0 atom stereocenters. The third-order valence-corrected chi connectivity index (χ3v) is 7.52. The molecule has 5 aromatic heterocycles. The summed E-state index contributed by atoms with van der Waals surface area (Å²) in [6.07, 6.45) is 5.52. The van der Waals surface area contributed by atoms with E-state index >= 15 is 0 Å². The molecule has 0 saturated heterocycles. The van der Waals surface area contributed by atoms with E-state index in [1.54, 1.807) is 0 Å². The van der Waals surface area contributed by atoms with Gasteiger partial charge in [-0.15, -0.1) is 0 Å². The number of aromatic amines is 1. The van der Waals surface area contributed by atoms with Crippen LogP contribution in [0.15, 0.2) is 85.3 Å². The first kappa shape index (κ1) is 19.5. The zero-order chi connectivity index (χ0) is 24.0. The number of nitrogens with zero attached hydrogens (tertiary/aromatic N) is 4. The zero-order valence-electron chi connectivity index (χ0n) is 19.9. The minimum Gasteiger partial charge on any atom is -0.354 e. The second kappa shape index (κ2) is 6.89. The molecule has 0 aliphatic rings. The van der Waals surface area contributed by atoms with Gasteiger partial charge in [-0.05, 0) is 72.5 Å². The first-order valence-corrected chi connectivity index (χ1v) is 12.1. The summed E-state index contributed by atoms with van der Waals surface area (Å²) in [6, 6.07) is 23.7. The summed E-state index contributed by atoms with van der Waals surface area (Å²) in [7, 11) is 0. The Kier molecular flexibility index (Phi) is 3.74. The van der Waals surface area contributed by atoms with E-state index in [9.17, 15) is 0 Å². The number of rotatable bonds is 1. The SMILES string of the molecule is Cc1ccccc1-c1cc2[nH]c3c(ccc4c3c3ncccc3n3c5ccncc5nc43)c2cc1C. The van der Waals surface area contributed by atoms with Crippen LogP contribution in [0.5, 0.6) is 0 Å². The molecule has 0 radical (unpaired) electrons. The maximum Gasteiger partial charge on any atom is 0.146 e. The molecule has 0 spiro atoms. The number of aryl methyl sites for hydroxylation is 2. The lowest BCUT2D eigenvalue weighted by molar-refractivity contribution is 1.28. The number of H-pyrrole nitrogens is 1. The molecular weight excluding hydrogens is 442 g/mol. The molecule has 36 heavy (non-hydrogen) atoms. The molecule has 0 bridgehead atoms. The maximum atomic E-state index is 4.99. The predicted octanol–water partition coefficient (Wildman–Crippen LogP) is 7.50. The Hall–Kier alpha value is -4.77. The summed E-state index contributed by atoms with van der Waals surface area (Å²) in [4.78, 5) is 17.9. The summed E-state index contributed by atoms with van der Waals surface area (Å²) in [5.74, 6) is 0. The Morgan fingerprint density at radius 3 is 2.56 bits per heavy atom. The molecule has 5 heterocycles. The Bertz CT molecular complexity index is 2180. The van der Waals surface area contributed by atoms with Crippen molar-refractivity contribution in [3.05, 3.63) is 96.4 Å². The van der Waals surface area contributed by atoms with Crippen LogP contribution in [0.25, 0.3) is 71.4 Å². The van der Waals surface area contributed by atoms with Crippen LogP contribution >= 0.6 is 0 Å². The van der Waals surface area contributed by atoms with Crippen LogP contribution in [0, 0.1) is 13.8 Å². The molecule has 1 N–H and O–H groups in total. The van der Waals surface area contributed by atoms with Gasteiger partial charge in [0.2, 0.25) is 0 Å². The fraction of sp³-hybridized carbons (Fsp3) is 0.0645. The minimum atomic E-state index is 0.880. The Morgan fingerprint density at radius 2 is 1.64 bits per heavy atom. The lowest BCUT2D eigenvalue weighted by atomic mass is 9.95. The summed E-state index contributed by atoms with van der Waals surface area (Å²) >= 11 is 0. The number of nitrogens with one attached hydrogen (secondary N) is 1. The molecule has 5 nitrogen and oxygen atoms in total. The van der Waals surface area contributed by atoms with Crippen molar-refractivity contribution in [1.29, 1.82) is 0 Å². The highest BCUT2D eigenvalue weighted by atomic mass is 15.0. The smallest absolute Gasteiger partial charge is 0.146 e. The molecule has 8 rings (SSSR count). The van der Waals surface area contributed by atoms with E-state index < -0.39 is 0 Å². The van der Waals surface area contributed by atoms with E-state index in [0.29, 0.717) is 0 Å². The zero-order valence-corrected chi connectivity index (χ0v) is 19.9. The van der Waals surface area contributed by atoms with Crippen LogP contribution in [0.2, 0.25) is 0 Å². The molecule has 0 amide bonds. The maximum absolute atomic E-state index is 4.99. The van der Waals surface area contributed by atoms with Gasteiger partial charge in [0.1, 0.15) is 11.2 Å². The van der Waals surface area contributed by atoms with Gasteiger partial charge in [0.05, 0.1) is 28.3 Å². The third kappa shape index (κ3) is 2.46. The van der Waals surface area contributed by atoms with Gasteiger partial charge in [-0.25, -0.2) is 4.98 Å². The average molecular weight is 464 g/mol. The van der Waals surface area contributed by atoms with Crippen LogP contribution in [0.3, 0.4) is 0 Å². The highest BCUT2D eigenvalue weighted by molar-refractivity contribution is 6.26. The molecule has 170 valence electrons. The van der Waals surface area contributed by atoms with E-state index in [1.165, 1.54) is 33.0 Å². The van der Waals surface area contributed by atoms with Gasteiger partial charge in [0, 0.05) is 39.5 Å². The largest absolute Gasteiger partial charge is 0.354 e. The van der Waals surface area contributed by atoms with Gasteiger partial charge in [0.25, 0.3) is 0 Å². The highest BCUT2D eigenvalue weighted by Gasteiger charge is 2.19. The van der Waals surface area contributed by atoms with Crippen LogP contribution in [-0.2, 0) is 0 Å². The first-order chi connectivity index (χ1) is 17.7. The molecule has 0 aliphatic carbocycles. The standard InChI is InChI=1S/C31H21N5/c1-17-6-3-4-7-19(17)22-15-24-23(14-18(22)2)20-9-10-21-28(29(20)34-24)30-27(8-5-12-33-30)36-26-11-13-32-16-25(26)35-31(21)36/h3-16,34H,1-2H3. The lowest BCUT2D eigenvalue weighted by Gasteiger charge is -2.10. The van der Waals surface area contributed by atoms with E-state index in [4.69, 9.17) is 9.97 Å². The highest BCUT2D eigenvalue weighted by Crippen LogP contribution is 2.39. The van der Waals surface area contributed by atoms with Gasteiger partial charge in [0.15, 0.2) is 0 Å². The number of pyridine rings is 3. The van der Waals surface area contributed by atoms with Crippen molar-refractivity contribution in [2.24, 2.45) is 0 Å². The van der Waals surface area contributed by atoms with Gasteiger partial charge in [-0.1, -0.05) is 30.3 Å². The van der Waals surface area contributed by atoms with Crippen LogP contribution in [0.1, 0.15) is 11.1 Å². The number of benzene rings is 3. The van der Waals surface area contributed by atoms with Crippen LogP contribution in [0.4, 0.5) is 0 Å². The average Bonchev–Trinajstić information content (AvgIpc) is 3.47. The molecule has 5 heteroatoms. The predicted molar refractivity (Wildman–Crippen MR) is 148 cm³/mol. The minimum absolute atomic E-state index is 0.880. The van der Waals surface area contributed by atoms with Crippen molar-refractivity contribution in [3.8, 4) is 11.1 Å². The van der Waals surface area contributed by atoms with Gasteiger partial charge < -0.3 is 4.98 Å². The quantitative estimate of drug-likeness (QED) is 0.256. The first-order valence-electron chi connectivity index (χ1n) is 12.1. The second-order valence-electron chi connectivity index (χ2n) is 9.57.